The molecular weight excluding hydrogens is 234 g/mol. The van der Waals surface area contributed by atoms with Gasteiger partial charge in [0.05, 0.1) is 5.54 Å². The predicted molar refractivity (Wildman–Crippen MR) is 80.6 cm³/mol. The van der Waals surface area contributed by atoms with Crippen LogP contribution in [-0.2, 0) is 6.42 Å². The van der Waals surface area contributed by atoms with Crippen LogP contribution in [0.25, 0.3) is 0 Å². The van der Waals surface area contributed by atoms with Gasteiger partial charge in [0.15, 0.2) is 0 Å². The molecule has 1 aromatic rings. The van der Waals surface area contributed by atoms with Crippen LogP contribution in [0.4, 0.5) is 0 Å². The average Bonchev–Trinajstić information content (AvgIpc) is 2.89. The number of aryl methyl sites for hydroxylation is 1. The van der Waals surface area contributed by atoms with Crippen molar-refractivity contribution in [2.24, 2.45) is 10.4 Å². The third-order valence-corrected chi connectivity index (χ3v) is 4.31. The van der Waals surface area contributed by atoms with Crippen LogP contribution < -0.4 is 0 Å². The van der Waals surface area contributed by atoms with Crippen molar-refractivity contribution < 1.29 is 5.11 Å². The van der Waals surface area contributed by atoms with E-state index in [0.29, 0.717) is 6.42 Å². The molecule has 0 saturated heterocycles. The smallest absolute Gasteiger partial charge is 0.0863 e. The maximum absolute atomic E-state index is 9.33. The maximum Gasteiger partial charge on any atom is 0.0863 e. The van der Waals surface area contributed by atoms with Crippen molar-refractivity contribution in [1.82, 2.24) is 0 Å². The lowest BCUT2D eigenvalue weighted by atomic mass is 9.68. The summed E-state index contributed by atoms with van der Waals surface area (Å²) in [5, 5.41) is 9.33. The number of allylic oxidation sites excluding steroid dienone is 1. The minimum Gasteiger partial charge on any atom is -0.396 e. The molecule has 1 aliphatic rings. The molecule has 0 radical (unpaired) electrons. The van der Waals surface area contributed by atoms with Crippen molar-refractivity contribution in [3.8, 4) is 0 Å². The van der Waals surface area contributed by atoms with E-state index in [4.69, 9.17) is 0 Å². The second-order valence-electron chi connectivity index (χ2n) is 5.90. The predicted octanol–water partition coefficient (Wildman–Crippen LogP) is 3.41. The number of aliphatic hydroxyl groups is 1. The molecule has 1 aliphatic heterocycles. The van der Waals surface area contributed by atoms with Crippen LogP contribution >= 0.6 is 0 Å². The Morgan fingerprint density at radius 2 is 1.95 bits per heavy atom. The van der Waals surface area contributed by atoms with Crippen molar-refractivity contribution in [3.05, 3.63) is 48.0 Å². The number of benzene rings is 1. The van der Waals surface area contributed by atoms with E-state index < -0.39 is 0 Å². The second-order valence-corrected chi connectivity index (χ2v) is 5.90. The third kappa shape index (κ3) is 2.95. The van der Waals surface area contributed by atoms with Crippen LogP contribution in [0.2, 0.25) is 0 Å². The van der Waals surface area contributed by atoms with Gasteiger partial charge in [0, 0.05) is 12.8 Å². The summed E-state index contributed by atoms with van der Waals surface area (Å²) in [6.07, 6.45) is 8.80. The molecule has 0 saturated carbocycles. The van der Waals surface area contributed by atoms with Gasteiger partial charge in [0.2, 0.25) is 0 Å². The van der Waals surface area contributed by atoms with Gasteiger partial charge in [-0.25, -0.2) is 0 Å². The standard InChI is InChI=1S/C17H23NO/c1-16(2,11-9-15-7-4-3-5-8-15)17(12-14-19)10-6-13-18-17/h3-8,10,13,19H,9,11-12,14H2,1-2H3. The second kappa shape index (κ2) is 5.70. The molecule has 0 bridgehead atoms. The van der Waals surface area contributed by atoms with Gasteiger partial charge in [0.25, 0.3) is 0 Å². The zero-order valence-electron chi connectivity index (χ0n) is 11.8. The highest BCUT2D eigenvalue weighted by Gasteiger charge is 2.42. The summed E-state index contributed by atoms with van der Waals surface area (Å²) in [4.78, 5) is 4.64. The Morgan fingerprint density at radius 1 is 1.21 bits per heavy atom. The van der Waals surface area contributed by atoms with Crippen LogP contribution in [0, 0.1) is 5.41 Å². The fourth-order valence-electron chi connectivity index (χ4n) is 2.80. The Kier molecular flexibility index (Phi) is 4.20. The molecule has 1 aromatic carbocycles. The van der Waals surface area contributed by atoms with Crippen LogP contribution in [0.5, 0.6) is 0 Å². The van der Waals surface area contributed by atoms with Crippen molar-refractivity contribution in [1.29, 1.82) is 0 Å². The molecule has 102 valence electrons. The van der Waals surface area contributed by atoms with Crippen molar-refractivity contribution >= 4 is 6.21 Å². The highest BCUT2D eigenvalue weighted by atomic mass is 16.3. The summed E-state index contributed by atoms with van der Waals surface area (Å²) in [5.41, 5.74) is 1.16. The molecule has 2 rings (SSSR count). The lowest BCUT2D eigenvalue weighted by Crippen LogP contribution is -2.41. The van der Waals surface area contributed by atoms with Crippen molar-refractivity contribution in [2.75, 3.05) is 6.61 Å². The molecule has 1 N–H and O–H groups in total. The highest BCUT2D eigenvalue weighted by molar-refractivity contribution is 5.75. The van der Waals surface area contributed by atoms with E-state index in [9.17, 15) is 5.11 Å². The first-order valence-corrected chi connectivity index (χ1v) is 6.97. The lowest BCUT2D eigenvalue weighted by molar-refractivity contribution is 0.153. The van der Waals surface area contributed by atoms with Crippen molar-refractivity contribution in [2.45, 2.75) is 38.6 Å². The van der Waals surface area contributed by atoms with Gasteiger partial charge in [0.1, 0.15) is 0 Å². The Bertz CT molecular complexity index is 447. The minimum absolute atomic E-state index is 0.0368. The van der Waals surface area contributed by atoms with E-state index >= 15 is 0 Å². The van der Waals surface area contributed by atoms with Crippen LogP contribution in [0.15, 0.2) is 47.5 Å². The monoisotopic (exact) mass is 257 g/mol. The molecular formula is C17H23NO. The molecule has 1 unspecified atom stereocenters. The normalized spacial score (nSPS) is 22.1. The van der Waals surface area contributed by atoms with Crippen LogP contribution in [-0.4, -0.2) is 23.5 Å². The Morgan fingerprint density at radius 3 is 2.53 bits per heavy atom. The molecule has 0 fully saturated rings. The summed E-state index contributed by atoms with van der Waals surface area (Å²) in [5.74, 6) is 0. The molecule has 2 heteroatoms. The molecule has 0 aliphatic carbocycles. The summed E-state index contributed by atoms with van der Waals surface area (Å²) in [7, 11) is 0. The summed E-state index contributed by atoms with van der Waals surface area (Å²) >= 11 is 0. The first kappa shape index (κ1) is 14.0. The number of aliphatic hydroxyl groups excluding tert-OH is 1. The lowest BCUT2D eigenvalue weighted by Gasteiger charge is -2.40. The number of rotatable bonds is 6. The highest BCUT2D eigenvalue weighted by Crippen LogP contribution is 2.43. The Labute approximate surface area is 115 Å². The molecule has 0 aromatic heterocycles. The summed E-state index contributed by atoms with van der Waals surface area (Å²) in [6.45, 7) is 4.67. The molecule has 1 heterocycles. The van der Waals surface area contributed by atoms with E-state index in [-0.39, 0.29) is 17.6 Å². The topological polar surface area (TPSA) is 32.6 Å². The van der Waals surface area contributed by atoms with Crippen LogP contribution in [0.1, 0.15) is 32.3 Å². The number of hydrogen-bond acceptors (Lipinski definition) is 2. The zero-order chi connectivity index (χ0) is 13.8. The largest absolute Gasteiger partial charge is 0.396 e. The fraction of sp³-hybridized carbons (Fsp3) is 0.471. The van der Waals surface area contributed by atoms with Gasteiger partial charge in [-0.15, -0.1) is 0 Å². The first-order valence-electron chi connectivity index (χ1n) is 6.97. The zero-order valence-corrected chi connectivity index (χ0v) is 11.8. The van der Waals surface area contributed by atoms with Gasteiger partial charge >= 0.3 is 0 Å². The molecule has 2 nitrogen and oxygen atoms in total. The fourth-order valence-corrected chi connectivity index (χ4v) is 2.80. The first-order chi connectivity index (χ1) is 9.10. The minimum atomic E-state index is -0.240. The van der Waals surface area contributed by atoms with Gasteiger partial charge in [-0.1, -0.05) is 50.3 Å². The van der Waals surface area contributed by atoms with Gasteiger partial charge in [-0.05, 0) is 36.3 Å². The summed E-state index contributed by atoms with van der Waals surface area (Å²) in [6, 6.07) is 10.6. The Hall–Kier alpha value is -1.41. The van der Waals surface area contributed by atoms with Gasteiger partial charge < -0.3 is 5.11 Å². The van der Waals surface area contributed by atoms with E-state index in [2.05, 4.69) is 49.2 Å². The number of nitrogens with zero attached hydrogens (tertiary/aromatic N) is 1. The molecule has 1 atom stereocenters. The van der Waals surface area contributed by atoms with Gasteiger partial charge in [-0.2, -0.15) is 0 Å². The van der Waals surface area contributed by atoms with Gasteiger partial charge in [-0.3, -0.25) is 4.99 Å². The molecule has 0 amide bonds. The quantitative estimate of drug-likeness (QED) is 0.832. The Balaban J connectivity index is 2.08. The SMILES string of the molecule is CC(C)(CCc1ccccc1)C1(CCO)C=CC=N1. The molecule has 19 heavy (non-hydrogen) atoms. The van der Waals surface area contributed by atoms with Crippen LogP contribution in [0.3, 0.4) is 0 Å². The van der Waals surface area contributed by atoms with E-state index in [1.54, 1.807) is 0 Å². The van der Waals surface area contributed by atoms with E-state index in [1.165, 1.54) is 5.56 Å². The average molecular weight is 257 g/mol. The molecule has 0 spiro atoms. The third-order valence-electron chi connectivity index (χ3n) is 4.31. The van der Waals surface area contributed by atoms with Crippen molar-refractivity contribution in [3.63, 3.8) is 0 Å². The van der Waals surface area contributed by atoms with E-state index in [0.717, 1.165) is 12.8 Å². The van der Waals surface area contributed by atoms with E-state index in [1.807, 2.05) is 18.4 Å². The maximum atomic E-state index is 9.33. The summed E-state index contributed by atoms with van der Waals surface area (Å²) < 4.78 is 0. The number of hydrogen-bond donors (Lipinski definition) is 1. The number of aliphatic imine (C=N–C) groups is 1.